The first kappa shape index (κ1) is 46.8. The van der Waals surface area contributed by atoms with Gasteiger partial charge in [-0.25, -0.2) is 9.59 Å². The van der Waals surface area contributed by atoms with E-state index in [1.807, 2.05) is 48.5 Å². The summed E-state index contributed by atoms with van der Waals surface area (Å²) in [4.78, 5) is 36.7. The summed E-state index contributed by atoms with van der Waals surface area (Å²) in [6.45, 7) is 6.81. The Labute approximate surface area is 331 Å². The van der Waals surface area contributed by atoms with Gasteiger partial charge in [-0.2, -0.15) is 0 Å². The van der Waals surface area contributed by atoms with E-state index >= 15 is 0 Å². The summed E-state index contributed by atoms with van der Waals surface area (Å²) < 4.78 is 38.0. The number of amides is 2. The van der Waals surface area contributed by atoms with E-state index in [1.165, 1.54) is 12.8 Å². The maximum atomic E-state index is 12.6. The number of fused-ring (bicyclic) bond motifs is 3. The van der Waals surface area contributed by atoms with Crippen molar-refractivity contribution in [3.63, 3.8) is 0 Å². The zero-order valence-electron chi connectivity index (χ0n) is 32.9. The van der Waals surface area contributed by atoms with Crippen molar-refractivity contribution in [1.29, 1.82) is 0 Å². The Balaban J connectivity index is 1.05. The Kier molecular flexibility index (Phi) is 25.5. The second-order valence-electron chi connectivity index (χ2n) is 13.5. The van der Waals surface area contributed by atoms with Gasteiger partial charge in [-0.15, -0.1) is 0 Å². The molecule has 0 radical (unpaired) electrons. The predicted molar refractivity (Wildman–Crippen MR) is 211 cm³/mol. The van der Waals surface area contributed by atoms with Crippen LogP contribution in [-0.4, -0.2) is 133 Å². The minimum Gasteiger partial charge on any atom is -0.480 e. The van der Waals surface area contributed by atoms with Crippen LogP contribution in [0.25, 0.3) is 11.1 Å². The zero-order chi connectivity index (χ0) is 39.9. The highest BCUT2D eigenvalue weighted by molar-refractivity contribution is 5.82. The number of carbonyl (C=O) groups excluding carboxylic acids is 2. The van der Waals surface area contributed by atoms with Crippen molar-refractivity contribution in [2.75, 3.05) is 99.0 Å². The summed E-state index contributed by atoms with van der Waals surface area (Å²) in [5.74, 6) is -1.57. The van der Waals surface area contributed by atoms with Gasteiger partial charge in [-0.05, 0) is 41.5 Å². The number of alkyl carbamates (subject to hydrolysis) is 1. The molecule has 0 saturated heterocycles. The van der Waals surface area contributed by atoms with Gasteiger partial charge < -0.3 is 54.0 Å². The smallest absolute Gasteiger partial charge is 0.407 e. The van der Waals surface area contributed by atoms with Crippen LogP contribution in [0.4, 0.5) is 4.79 Å². The number of hydrogen-bond donors (Lipinski definition) is 4. The monoisotopic (exact) mass is 788 g/mol. The fourth-order valence-corrected chi connectivity index (χ4v) is 6.29. The molecule has 1 unspecified atom stereocenters. The third-order valence-corrected chi connectivity index (χ3v) is 9.23. The van der Waals surface area contributed by atoms with Gasteiger partial charge in [-0.1, -0.05) is 87.1 Å². The highest BCUT2D eigenvalue weighted by Gasteiger charge is 2.30. The first-order valence-corrected chi connectivity index (χ1v) is 20.2. The molecule has 314 valence electrons. The van der Waals surface area contributed by atoms with Crippen LogP contribution in [0.3, 0.4) is 0 Å². The summed E-state index contributed by atoms with van der Waals surface area (Å²) in [6, 6.07) is 14.8. The maximum Gasteiger partial charge on any atom is 0.407 e. The molecular weight excluding hydrogens is 724 g/mol. The summed E-state index contributed by atoms with van der Waals surface area (Å²) in [5.41, 5.74) is 4.35. The van der Waals surface area contributed by atoms with Gasteiger partial charge in [0.15, 0.2) is 0 Å². The molecule has 0 heterocycles. The molecule has 4 N–H and O–H groups in total. The van der Waals surface area contributed by atoms with Gasteiger partial charge in [0.2, 0.25) is 5.91 Å². The van der Waals surface area contributed by atoms with Crippen LogP contribution in [-0.2, 0) is 42.7 Å². The minimum absolute atomic E-state index is 0.00724. The normalized spacial score (nSPS) is 12.6. The Hall–Kier alpha value is -3.63. The standard InChI is InChI=1S/C42H64N2O12/c45-20-22-51-24-26-53-28-30-55-32-31-54-29-27-52-25-23-50-21-12-6-4-2-1-3-5-11-19-43-40(46)18-17-39(41(47)48)44-42(49)56-33-38-36-15-9-7-13-34(36)35-14-8-10-16-37(35)38/h7-10,13-16,38-39,45H,1-6,11-12,17-33H2,(H,43,46)(H,44,49)(H,47,48). The van der Waals surface area contributed by atoms with E-state index < -0.39 is 18.1 Å². The largest absolute Gasteiger partial charge is 0.480 e. The summed E-state index contributed by atoms with van der Waals surface area (Å²) in [7, 11) is 0. The summed E-state index contributed by atoms with van der Waals surface area (Å²) in [6.07, 6.45) is 7.78. The van der Waals surface area contributed by atoms with Gasteiger partial charge in [-0.3, -0.25) is 4.79 Å². The first-order valence-electron chi connectivity index (χ1n) is 20.2. The van der Waals surface area contributed by atoms with Crippen molar-refractivity contribution in [1.82, 2.24) is 10.6 Å². The topological polar surface area (TPSA) is 180 Å². The van der Waals surface area contributed by atoms with Crippen LogP contribution in [0.2, 0.25) is 0 Å². The molecule has 0 aliphatic heterocycles. The van der Waals surface area contributed by atoms with Crippen LogP contribution in [0.15, 0.2) is 48.5 Å². The lowest BCUT2D eigenvalue weighted by molar-refractivity contribution is -0.139. The molecule has 14 heteroatoms. The van der Waals surface area contributed by atoms with E-state index in [0.717, 1.165) is 67.4 Å². The molecule has 1 aliphatic rings. The van der Waals surface area contributed by atoms with Gasteiger partial charge in [0, 0.05) is 25.5 Å². The molecule has 2 aromatic carbocycles. The number of ether oxygens (including phenoxy) is 7. The quantitative estimate of drug-likeness (QED) is 0.0682. The Bertz CT molecular complexity index is 1320. The number of rotatable bonds is 35. The number of hydrogen-bond acceptors (Lipinski definition) is 11. The Morgan fingerprint density at radius 1 is 0.589 bits per heavy atom. The lowest BCUT2D eigenvalue weighted by atomic mass is 9.98. The van der Waals surface area contributed by atoms with Gasteiger partial charge >= 0.3 is 12.1 Å². The van der Waals surface area contributed by atoms with Crippen LogP contribution in [0, 0.1) is 0 Å². The molecule has 1 atom stereocenters. The van der Waals surface area contributed by atoms with E-state index in [4.69, 9.17) is 38.3 Å². The SMILES string of the molecule is O=C(CCC(NC(=O)OCC1c2ccccc2-c2ccccc21)C(=O)O)NCCCCCCCCCCOCCOCCOCCOCCOCCOCCO. The lowest BCUT2D eigenvalue weighted by Gasteiger charge is -2.17. The molecule has 2 aromatic rings. The zero-order valence-corrected chi connectivity index (χ0v) is 32.9. The van der Waals surface area contributed by atoms with E-state index in [1.54, 1.807) is 0 Å². The number of aliphatic hydroxyl groups is 1. The molecule has 0 saturated carbocycles. The second-order valence-corrected chi connectivity index (χ2v) is 13.5. The van der Waals surface area contributed by atoms with E-state index in [9.17, 15) is 19.5 Å². The molecule has 0 spiro atoms. The molecular formula is C42H64N2O12. The van der Waals surface area contributed by atoms with Gasteiger partial charge in [0.05, 0.1) is 79.3 Å². The number of nitrogens with one attached hydrogen (secondary N) is 2. The minimum atomic E-state index is -1.22. The Morgan fingerprint density at radius 3 is 1.54 bits per heavy atom. The first-order chi connectivity index (χ1) is 27.5. The van der Waals surface area contributed by atoms with E-state index in [0.29, 0.717) is 79.2 Å². The molecule has 2 amide bonds. The fourth-order valence-electron chi connectivity index (χ4n) is 6.29. The van der Waals surface area contributed by atoms with Gasteiger partial charge in [0.25, 0.3) is 0 Å². The highest BCUT2D eigenvalue weighted by Crippen LogP contribution is 2.44. The number of benzene rings is 2. The predicted octanol–water partition coefficient (Wildman–Crippen LogP) is 5.09. The number of carbonyl (C=O) groups is 3. The van der Waals surface area contributed by atoms with E-state index in [2.05, 4.69) is 10.6 Å². The lowest BCUT2D eigenvalue weighted by Crippen LogP contribution is -2.42. The van der Waals surface area contributed by atoms with E-state index in [-0.39, 0.29) is 37.9 Å². The van der Waals surface area contributed by atoms with Crippen LogP contribution >= 0.6 is 0 Å². The number of unbranched alkanes of at least 4 members (excludes halogenated alkanes) is 7. The second kappa shape index (κ2) is 30.5. The number of aliphatic hydroxyl groups excluding tert-OH is 1. The average molecular weight is 789 g/mol. The summed E-state index contributed by atoms with van der Waals surface area (Å²) in [5, 5.41) is 23.5. The van der Waals surface area contributed by atoms with Crippen molar-refractivity contribution < 1.29 is 57.8 Å². The molecule has 14 nitrogen and oxygen atoms in total. The van der Waals surface area contributed by atoms with Gasteiger partial charge in [0.1, 0.15) is 12.6 Å². The van der Waals surface area contributed by atoms with Crippen molar-refractivity contribution in [2.24, 2.45) is 0 Å². The Morgan fingerprint density at radius 2 is 1.04 bits per heavy atom. The number of carboxylic acid groups (broad SMARTS) is 1. The molecule has 56 heavy (non-hydrogen) atoms. The van der Waals surface area contributed by atoms with Crippen LogP contribution < -0.4 is 10.6 Å². The van der Waals surface area contributed by atoms with Crippen molar-refractivity contribution in [3.05, 3.63) is 59.7 Å². The fraction of sp³-hybridized carbons (Fsp3) is 0.643. The third-order valence-electron chi connectivity index (χ3n) is 9.23. The highest BCUT2D eigenvalue weighted by atomic mass is 16.6. The van der Waals surface area contributed by atoms with Crippen molar-refractivity contribution >= 4 is 18.0 Å². The van der Waals surface area contributed by atoms with Crippen molar-refractivity contribution in [3.8, 4) is 11.1 Å². The summed E-state index contributed by atoms with van der Waals surface area (Å²) >= 11 is 0. The van der Waals surface area contributed by atoms with Crippen LogP contribution in [0.5, 0.6) is 0 Å². The number of carboxylic acids is 1. The third kappa shape index (κ3) is 20.0. The number of aliphatic carboxylic acids is 1. The maximum absolute atomic E-state index is 12.6. The molecule has 1 aliphatic carbocycles. The molecule has 0 fully saturated rings. The molecule has 0 aromatic heterocycles. The average Bonchev–Trinajstić information content (AvgIpc) is 3.53. The van der Waals surface area contributed by atoms with Crippen LogP contribution in [0.1, 0.15) is 81.3 Å². The molecule has 3 rings (SSSR count). The molecule has 0 bridgehead atoms. The van der Waals surface area contributed by atoms with Crippen molar-refractivity contribution in [2.45, 2.75) is 76.2 Å².